The molecule has 4 aliphatic carbocycles. The van der Waals surface area contributed by atoms with Crippen LogP contribution in [0, 0.1) is 28.6 Å². The Labute approximate surface area is 553 Å². The Morgan fingerprint density at radius 2 is 1.29 bits per heavy atom. The van der Waals surface area contributed by atoms with Gasteiger partial charge in [0.25, 0.3) is 11.8 Å². The molecular formula is C65H83ClN6O19S2. The second-order valence-corrected chi connectivity index (χ2v) is 26.4. The number of ketones is 2. The fourth-order valence-corrected chi connectivity index (χ4v) is 15.6. The Bertz CT molecular complexity index is 3090. The molecule has 25 nitrogen and oxygen atoms in total. The summed E-state index contributed by atoms with van der Waals surface area (Å²) in [5.74, 6) is -7.86. The summed E-state index contributed by atoms with van der Waals surface area (Å²) in [7, 11) is 0. The molecule has 0 radical (unpaired) electrons. The van der Waals surface area contributed by atoms with Crippen LogP contribution in [-0.2, 0) is 81.2 Å². The summed E-state index contributed by atoms with van der Waals surface area (Å²) in [6, 6.07) is 17.2. The highest BCUT2D eigenvalue weighted by molar-refractivity contribution is 8.08. The van der Waals surface area contributed by atoms with E-state index in [1.165, 1.54) is 29.6 Å². The number of fused-ring (bicyclic) bond motifs is 5. The zero-order valence-corrected chi connectivity index (χ0v) is 55.0. The Morgan fingerprint density at radius 3 is 1.89 bits per heavy atom. The topological polar surface area (TPSA) is 347 Å². The van der Waals surface area contributed by atoms with Crippen LogP contribution in [0.2, 0.25) is 0 Å². The second-order valence-electron chi connectivity index (χ2n) is 23.6. The van der Waals surface area contributed by atoms with E-state index in [0.29, 0.717) is 29.1 Å². The maximum atomic E-state index is 14.5. The fourth-order valence-electron chi connectivity index (χ4n) is 13.0. The number of ether oxygens (including phenoxy) is 6. The first-order valence-corrected chi connectivity index (χ1v) is 33.1. The standard InChI is InChI=1S/C65H83ClN6O19S2/c1-5-56(82)91-65(41(2)34-47-46-17-16-42-35-43(73)20-23-62(42,3)64(46,66)49(74)36-63(47,65)4)50(75)39-90-40-70-54(79)37-68-53(78)38-69-59(83)48(18-19-55(80)81)71-52(77)22-26-86-28-30-88-32-33-89-31-29-87-27-24-67-51(76)21-25-72-60(84)57(92-44-12-8-6-9-13-44)58(61(72)85)93-45-14-10-7-11-15-45/h6-15,20,23,35,41,46-49,74H,5,16-19,21-22,24-34,36-40H2,1-4H3,(H,67,76)(H,68,78)(H,69,83)(H,70,79)(H,71,77)(H,80,81)/t41-,46-,47?,48-,49-,62-,63-,64-,65-/m0/s1. The van der Waals surface area contributed by atoms with E-state index < -0.39 is 125 Å². The maximum absolute atomic E-state index is 14.5. The number of Topliss-reactive ketones (excluding diaryl/α,β-unsaturated/α-hetero) is 1. The number of nitrogens with zero attached hydrogens (tertiary/aromatic N) is 1. The molecule has 1 aliphatic heterocycles. The van der Waals surface area contributed by atoms with Crippen LogP contribution in [-0.4, -0.2) is 195 Å². The lowest BCUT2D eigenvalue weighted by molar-refractivity contribution is -0.203. The average molecular weight is 1350 g/mol. The first kappa shape index (κ1) is 73.6. The molecule has 2 aromatic carbocycles. The lowest BCUT2D eigenvalue weighted by Crippen LogP contribution is -2.69. The Balaban J connectivity index is 0.711. The average Bonchev–Trinajstić information content (AvgIpc) is 1.64. The number of benzene rings is 2. The van der Waals surface area contributed by atoms with E-state index in [1.54, 1.807) is 19.1 Å². The Hall–Kier alpha value is -6.82. The molecule has 28 heteroatoms. The minimum Gasteiger partial charge on any atom is -0.481 e. The summed E-state index contributed by atoms with van der Waals surface area (Å²) in [5, 5.41) is 33.6. The Morgan fingerprint density at radius 1 is 0.710 bits per heavy atom. The number of amides is 7. The van der Waals surface area contributed by atoms with Crippen LogP contribution in [0.1, 0.15) is 85.5 Å². The van der Waals surface area contributed by atoms with E-state index in [-0.39, 0.29) is 122 Å². The van der Waals surface area contributed by atoms with Gasteiger partial charge < -0.3 is 65.2 Å². The number of nitrogens with one attached hydrogen (secondary N) is 5. The van der Waals surface area contributed by atoms with Crippen molar-refractivity contribution in [3.8, 4) is 0 Å². The van der Waals surface area contributed by atoms with Gasteiger partial charge in [-0.05, 0) is 80.4 Å². The van der Waals surface area contributed by atoms with Crippen molar-refractivity contribution < 1.29 is 91.4 Å². The molecule has 0 saturated heterocycles. The number of rotatable bonds is 38. The number of aliphatic carboxylic acids is 1. The number of carboxylic acids is 1. The highest BCUT2D eigenvalue weighted by Gasteiger charge is 2.76. The van der Waals surface area contributed by atoms with Crippen molar-refractivity contribution in [2.45, 2.75) is 118 Å². The van der Waals surface area contributed by atoms with Crippen LogP contribution in [0.4, 0.5) is 0 Å². The predicted octanol–water partition coefficient (Wildman–Crippen LogP) is 3.93. The van der Waals surface area contributed by atoms with E-state index >= 15 is 0 Å². The van der Waals surface area contributed by atoms with Gasteiger partial charge in [-0.25, -0.2) is 0 Å². The third-order valence-electron chi connectivity index (χ3n) is 17.7. The van der Waals surface area contributed by atoms with Crippen LogP contribution in [0.3, 0.4) is 0 Å². The van der Waals surface area contributed by atoms with E-state index in [9.17, 15) is 63.0 Å². The summed E-state index contributed by atoms with van der Waals surface area (Å²) in [6.45, 7) is 6.53. The summed E-state index contributed by atoms with van der Waals surface area (Å²) in [5.41, 5.74) is -2.79. The number of aliphatic hydroxyl groups excluding tert-OH is 1. The van der Waals surface area contributed by atoms with Gasteiger partial charge in [-0.2, -0.15) is 0 Å². The predicted molar refractivity (Wildman–Crippen MR) is 339 cm³/mol. The quantitative estimate of drug-likeness (QED) is 0.0165. The van der Waals surface area contributed by atoms with E-state index in [4.69, 9.17) is 40.0 Å². The first-order chi connectivity index (χ1) is 44.5. The number of carbonyl (C=O) groups is 11. The van der Waals surface area contributed by atoms with Crippen LogP contribution >= 0.6 is 35.1 Å². The van der Waals surface area contributed by atoms with Gasteiger partial charge >= 0.3 is 11.9 Å². The number of allylic oxidation sites excluding steroid dienone is 4. The minimum atomic E-state index is -1.72. The summed E-state index contributed by atoms with van der Waals surface area (Å²) < 4.78 is 33.8. The van der Waals surface area contributed by atoms with Crippen LogP contribution in [0.25, 0.3) is 0 Å². The fraction of sp³-hybridized carbons (Fsp3) is 0.554. The molecule has 0 spiro atoms. The van der Waals surface area contributed by atoms with Gasteiger partial charge in [-0.1, -0.05) is 99.3 Å². The number of esters is 1. The second kappa shape index (κ2) is 34.5. The summed E-state index contributed by atoms with van der Waals surface area (Å²) in [4.78, 5) is 144. The molecule has 3 saturated carbocycles. The first-order valence-electron chi connectivity index (χ1n) is 31.1. The summed E-state index contributed by atoms with van der Waals surface area (Å²) >= 11 is 10.0. The third-order valence-corrected chi connectivity index (χ3v) is 20.9. The van der Waals surface area contributed by atoms with Crippen LogP contribution in [0.15, 0.2) is 104 Å². The minimum absolute atomic E-state index is 0.0156. The van der Waals surface area contributed by atoms with Gasteiger partial charge in [0, 0.05) is 65.3 Å². The van der Waals surface area contributed by atoms with Crippen molar-refractivity contribution in [1.82, 2.24) is 31.5 Å². The smallest absolute Gasteiger partial charge is 0.306 e. The number of imide groups is 1. The number of aliphatic hydroxyl groups is 1. The van der Waals surface area contributed by atoms with Gasteiger partial charge in [0.2, 0.25) is 35.3 Å². The highest BCUT2D eigenvalue weighted by atomic mass is 35.5. The molecular weight excluding hydrogens is 1270 g/mol. The zero-order chi connectivity index (χ0) is 67.3. The van der Waals surface area contributed by atoms with Gasteiger partial charge in [-0.15, -0.1) is 11.6 Å². The third kappa shape index (κ3) is 18.4. The molecule has 1 unspecified atom stereocenters. The number of carboxylic acid groups (broad SMARTS) is 1. The van der Waals surface area contributed by atoms with Crippen molar-refractivity contribution in [1.29, 1.82) is 0 Å². The largest absolute Gasteiger partial charge is 0.481 e. The van der Waals surface area contributed by atoms with Crippen LogP contribution < -0.4 is 26.6 Å². The molecule has 1 heterocycles. The van der Waals surface area contributed by atoms with Crippen molar-refractivity contribution in [3.63, 3.8) is 0 Å². The number of hydrogen-bond acceptors (Lipinski definition) is 20. The number of halogens is 1. The molecule has 7 amide bonds. The number of hydrogen-bond donors (Lipinski definition) is 7. The maximum Gasteiger partial charge on any atom is 0.306 e. The van der Waals surface area contributed by atoms with Crippen LogP contribution in [0.5, 0.6) is 0 Å². The highest BCUT2D eigenvalue weighted by Crippen LogP contribution is 2.72. The lowest BCUT2D eigenvalue weighted by Gasteiger charge is -2.64. The molecule has 9 atom stereocenters. The lowest BCUT2D eigenvalue weighted by atomic mass is 9.45. The van der Waals surface area contributed by atoms with E-state index in [0.717, 1.165) is 20.3 Å². The van der Waals surface area contributed by atoms with Gasteiger partial charge in [0.1, 0.15) is 19.4 Å². The van der Waals surface area contributed by atoms with Crippen molar-refractivity contribution in [2.75, 3.05) is 92.4 Å². The van der Waals surface area contributed by atoms with Crippen molar-refractivity contribution in [3.05, 3.63) is 94.3 Å². The molecule has 0 aromatic heterocycles. The monoisotopic (exact) mass is 1350 g/mol. The van der Waals surface area contributed by atoms with Gasteiger partial charge in [0.15, 0.2) is 11.4 Å². The number of thioether (sulfide) groups is 2. The zero-order valence-electron chi connectivity index (χ0n) is 52.6. The normalized spacial score (nSPS) is 24.9. The summed E-state index contributed by atoms with van der Waals surface area (Å²) in [6.07, 6.45) is 4.19. The molecule has 3 fully saturated rings. The molecule has 2 aromatic rings. The number of carbonyl (C=O) groups excluding carboxylic acids is 10. The van der Waals surface area contributed by atoms with Crippen molar-refractivity contribution in [2.24, 2.45) is 28.6 Å². The van der Waals surface area contributed by atoms with Gasteiger partial charge in [0.05, 0.1) is 86.7 Å². The molecule has 7 N–H and O–H groups in total. The Kier molecular flexibility index (Phi) is 27.3. The molecule has 7 rings (SSSR count). The van der Waals surface area contributed by atoms with E-state index in [2.05, 4.69) is 26.6 Å². The van der Waals surface area contributed by atoms with Crippen molar-refractivity contribution >= 4 is 100.0 Å². The molecule has 0 bridgehead atoms. The SMILES string of the molecule is CCC(=O)O[C@]1(C(=O)COCNC(=O)CNC(=O)CNC(=O)[C@H](CCC(=O)O)NC(=O)CCOCCOCCOCCOCCNC(=O)CCN2C(=O)C(Sc3ccccc3)=C(Sc3ccccc3)C2=O)[C@@H](C)CC2[C@@H]3CCC4=CC(=O)C=C[C@]4(C)[C@@]3(Cl)[C@@H](O)C[C@@]21C. The van der Waals surface area contributed by atoms with E-state index in [1.807, 2.05) is 81.4 Å². The molecule has 506 valence electrons. The van der Waals surface area contributed by atoms with Gasteiger partial charge in [-0.3, -0.25) is 57.6 Å². The molecule has 93 heavy (non-hydrogen) atoms. The molecule has 5 aliphatic rings. The number of alkyl halides is 1.